The summed E-state index contributed by atoms with van der Waals surface area (Å²) in [5, 5.41) is 4.52. The molecular weight excluding hydrogens is 276 g/mol. The Bertz CT molecular complexity index is 459. The molecule has 1 aromatic rings. The lowest BCUT2D eigenvalue weighted by Gasteiger charge is -2.23. The summed E-state index contributed by atoms with van der Waals surface area (Å²) in [7, 11) is 3.25. The Balaban J connectivity index is 2.59. The first kappa shape index (κ1) is 16.7. The summed E-state index contributed by atoms with van der Waals surface area (Å²) in [6.07, 6.45) is 2.14. The first-order valence-electron chi connectivity index (χ1n) is 6.65. The molecule has 1 heterocycles. The van der Waals surface area contributed by atoms with Gasteiger partial charge in [0.2, 0.25) is 5.91 Å². The minimum atomic E-state index is -0.428. The van der Waals surface area contributed by atoms with Crippen molar-refractivity contribution >= 4 is 28.9 Å². The Morgan fingerprint density at radius 2 is 2.20 bits per heavy atom. The molecule has 1 atom stereocenters. The van der Waals surface area contributed by atoms with Crippen LogP contribution in [0.5, 0.6) is 0 Å². The summed E-state index contributed by atoms with van der Waals surface area (Å²) in [4.78, 5) is 25.9. The molecule has 0 aliphatic carbocycles. The molecule has 0 spiro atoms. The maximum Gasteiger partial charge on any atom is 0.350 e. The topological polar surface area (TPSA) is 58.6 Å². The Kier molecular flexibility index (Phi) is 6.67. The van der Waals surface area contributed by atoms with E-state index >= 15 is 0 Å². The molecule has 0 saturated heterocycles. The fourth-order valence-corrected chi connectivity index (χ4v) is 2.63. The molecule has 1 N–H and O–H groups in total. The third-order valence-corrected chi connectivity index (χ3v) is 4.06. The summed E-state index contributed by atoms with van der Waals surface area (Å²) in [6.45, 7) is 4.53. The normalized spacial score (nSPS) is 12.2. The van der Waals surface area contributed by atoms with Crippen molar-refractivity contribution in [2.75, 3.05) is 26.0 Å². The predicted octanol–water partition coefficient (Wildman–Crippen LogP) is 2.59. The summed E-state index contributed by atoms with van der Waals surface area (Å²) in [5.74, 6) is -0.554. The SMILES string of the molecule is CCC[C@H](C)N(C)CC(=O)Nc1ccsc1C(=O)OC. The van der Waals surface area contributed by atoms with Crippen LogP contribution in [-0.2, 0) is 9.53 Å². The third-order valence-electron chi connectivity index (χ3n) is 3.16. The van der Waals surface area contributed by atoms with Gasteiger partial charge in [0.25, 0.3) is 0 Å². The highest BCUT2D eigenvalue weighted by Gasteiger charge is 2.17. The molecule has 0 unspecified atom stereocenters. The van der Waals surface area contributed by atoms with Crippen molar-refractivity contribution in [3.05, 3.63) is 16.3 Å². The van der Waals surface area contributed by atoms with Gasteiger partial charge < -0.3 is 10.1 Å². The van der Waals surface area contributed by atoms with E-state index in [0.717, 1.165) is 12.8 Å². The van der Waals surface area contributed by atoms with E-state index in [9.17, 15) is 9.59 Å². The van der Waals surface area contributed by atoms with Crippen molar-refractivity contribution in [1.29, 1.82) is 0 Å². The fraction of sp³-hybridized carbons (Fsp3) is 0.571. The van der Waals surface area contributed by atoms with Gasteiger partial charge in [-0.25, -0.2) is 4.79 Å². The van der Waals surface area contributed by atoms with Crippen LogP contribution in [0.1, 0.15) is 36.4 Å². The molecule has 1 aromatic heterocycles. The summed E-state index contributed by atoms with van der Waals surface area (Å²) < 4.78 is 4.68. The molecular formula is C14H22N2O3S. The van der Waals surface area contributed by atoms with E-state index in [0.29, 0.717) is 23.2 Å². The summed E-state index contributed by atoms with van der Waals surface area (Å²) >= 11 is 1.25. The van der Waals surface area contributed by atoms with E-state index in [-0.39, 0.29) is 5.91 Å². The van der Waals surface area contributed by atoms with Gasteiger partial charge in [0.15, 0.2) is 0 Å². The first-order valence-corrected chi connectivity index (χ1v) is 7.53. The molecule has 0 aliphatic heterocycles. The lowest BCUT2D eigenvalue weighted by Crippen LogP contribution is -2.36. The van der Waals surface area contributed by atoms with E-state index in [1.807, 2.05) is 11.9 Å². The van der Waals surface area contributed by atoms with Crippen LogP contribution < -0.4 is 5.32 Å². The number of hydrogen-bond acceptors (Lipinski definition) is 5. The molecule has 0 aromatic carbocycles. The predicted molar refractivity (Wildman–Crippen MR) is 81.3 cm³/mol. The van der Waals surface area contributed by atoms with E-state index in [2.05, 4.69) is 23.9 Å². The van der Waals surface area contributed by atoms with Crippen molar-refractivity contribution in [3.63, 3.8) is 0 Å². The zero-order valence-electron chi connectivity index (χ0n) is 12.4. The first-order chi connectivity index (χ1) is 9.49. The van der Waals surface area contributed by atoms with Crippen molar-refractivity contribution in [2.45, 2.75) is 32.7 Å². The minimum Gasteiger partial charge on any atom is -0.465 e. The second-order valence-corrected chi connectivity index (χ2v) is 5.67. The van der Waals surface area contributed by atoms with Crippen LogP contribution in [0.25, 0.3) is 0 Å². The van der Waals surface area contributed by atoms with Crippen LogP contribution in [0, 0.1) is 0 Å². The average Bonchev–Trinajstić information content (AvgIpc) is 2.85. The van der Waals surface area contributed by atoms with E-state index < -0.39 is 5.97 Å². The van der Waals surface area contributed by atoms with Gasteiger partial charge in [-0.3, -0.25) is 9.69 Å². The Hall–Kier alpha value is -1.40. The number of nitrogens with zero attached hydrogens (tertiary/aromatic N) is 1. The Morgan fingerprint density at radius 3 is 2.80 bits per heavy atom. The molecule has 6 heteroatoms. The molecule has 1 amide bonds. The lowest BCUT2D eigenvalue weighted by atomic mass is 10.2. The van der Waals surface area contributed by atoms with Crippen LogP contribution in [0.4, 0.5) is 5.69 Å². The summed E-state index contributed by atoms with van der Waals surface area (Å²) in [5.41, 5.74) is 0.517. The number of ether oxygens (including phenoxy) is 1. The maximum absolute atomic E-state index is 12.0. The lowest BCUT2D eigenvalue weighted by molar-refractivity contribution is -0.117. The Labute approximate surface area is 123 Å². The molecule has 0 saturated carbocycles. The van der Waals surface area contributed by atoms with E-state index in [4.69, 9.17) is 0 Å². The number of amides is 1. The van der Waals surface area contributed by atoms with E-state index in [1.165, 1.54) is 18.4 Å². The number of hydrogen-bond donors (Lipinski definition) is 1. The number of anilines is 1. The minimum absolute atomic E-state index is 0.126. The van der Waals surface area contributed by atoms with Gasteiger partial charge in [-0.05, 0) is 31.8 Å². The van der Waals surface area contributed by atoms with Crippen LogP contribution in [-0.4, -0.2) is 43.5 Å². The van der Waals surface area contributed by atoms with Gasteiger partial charge in [0, 0.05) is 6.04 Å². The number of thiophene rings is 1. The molecule has 0 bridgehead atoms. The van der Waals surface area contributed by atoms with Crippen LogP contribution in [0.15, 0.2) is 11.4 Å². The number of methoxy groups -OCH3 is 1. The second kappa shape index (κ2) is 8.01. The van der Waals surface area contributed by atoms with Crippen molar-refractivity contribution in [1.82, 2.24) is 4.90 Å². The fourth-order valence-electron chi connectivity index (χ4n) is 1.87. The standard InChI is InChI=1S/C14H22N2O3S/c1-5-6-10(2)16(3)9-12(17)15-11-7-8-20-13(11)14(18)19-4/h7-8,10H,5-6,9H2,1-4H3,(H,15,17)/t10-/m0/s1. The summed E-state index contributed by atoms with van der Waals surface area (Å²) in [6, 6.07) is 2.07. The van der Waals surface area contributed by atoms with Crippen LogP contribution in [0.3, 0.4) is 0 Å². The molecule has 20 heavy (non-hydrogen) atoms. The Morgan fingerprint density at radius 1 is 1.50 bits per heavy atom. The van der Waals surface area contributed by atoms with Gasteiger partial charge in [-0.2, -0.15) is 0 Å². The zero-order chi connectivity index (χ0) is 15.1. The molecule has 5 nitrogen and oxygen atoms in total. The molecule has 1 rings (SSSR count). The highest BCUT2D eigenvalue weighted by atomic mass is 32.1. The molecule has 112 valence electrons. The third kappa shape index (κ3) is 4.61. The number of likely N-dealkylation sites (N-methyl/N-ethyl adjacent to an activating group) is 1. The zero-order valence-corrected chi connectivity index (χ0v) is 13.3. The van der Waals surface area contributed by atoms with Crippen LogP contribution in [0.2, 0.25) is 0 Å². The van der Waals surface area contributed by atoms with Crippen molar-refractivity contribution in [3.8, 4) is 0 Å². The van der Waals surface area contributed by atoms with Gasteiger partial charge in [-0.15, -0.1) is 11.3 Å². The highest BCUT2D eigenvalue weighted by molar-refractivity contribution is 7.12. The quantitative estimate of drug-likeness (QED) is 0.786. The highest BCUT2D eigenvalue weighted by Crippen LogP contribution is 2.23. The largest absolute Gasteiger partial charge is 0.465 e. The van der Waals surface area contributed by atoms with Gasteiger partial charge in [0.1, 0.15) is 4.88 Å². The average molecular weight is 298 g/mol. The number of carbonyl (C=O) groups is 2. The molecule has 0 fully saturated rings. The van der Waals surface area contributed by atoms with E-state index in [1.54, 1.807) is 11.4 Å². The second-order valence-electron chi connectivity index (χ2n) is 4.76. The van der Waals surface area contributed by atoms with Crippen LogP contribution >= 0.6 is 11.3 Å². The molecule has 0 radical (unpaired) electrons. The number of esters is 1. The number of nitrogens with one attached hydrogen (secondary N) is 1. The monoisotopic (exact) mass is 298 g/mol. The van der Waals surface area contributed by atoms with Crippen molar-refractivity contribution in [2.24, 2.45) is 0 Å². The van der Waals surface area contributed by atoms with Gasteiger partial charge >= 0.3 is 5.97 Å². The smallest absolute Gasteiger partial charge is 0.350 e. The van der Waals surface area contributed by atoms with Gasteiger partial charge in [-0.1, -0.05) is 13.3 Å². The molecule has 0 aliphatic rings. The number of rotatable bonds is 7. The maximum atomic E-state index is 12.0. The van der Waals surface area contributed by atoms with Gasteiger partial charge in [0.05, 0.1) is 19.3 Å². The van der Waals surface area contributed by atoms with Crippen molar-refractivity contribution < 1.29 is 14.3 Å². The number of carbonyl (C=O) groups excluding carboxylic acids is 2.